The van der Waals surface area contributed by atoms with Crippen LogP contribution in [0.15, 0.2) is 53.7 Å². The average Bonchev–Trinajstić information content (AvgIpc) is 2.78. The molecule has 0 unspecified atom stereocenters. The predicted octanol–water partition coefficient (Wildman–Crippen LogP) is 3.47. The van der Waals surface area contributed by atoms with Gasteiger partial charge < -0.3 is 9.80 Å². The van der Waals surface area contributed by atoms with Crippen LogP contribution in [-0.4, -0.2) is 77.2 Å². The van der Waals surface area contributed by atoms with Crippen molar-refractivity contribution < 1.29 is 4.79 Å². The molecule has 1 aliphatic heterocycles. The summed E-state index contributed by atoms with van der Waals surface area (Å²) in [4.78, 5) is 24.1. The fourth-order valence-electron chi connectivity index (χ4n) is 3.54. The molecule has 0 aliphatic carbocycles. The van der Waals surface area contributed by atoms with Gasteiger partial charge in [-0.3, -0.25) is 9.69 Å². The average molecular weight is 413 g/mol. The highest BCUT2D eigenvalue weighted by Gasteiger charge is 2.22. The van der Waals surface area contributed by atoms with Crippen molar-refractivity contribution in [2.75, 3.05) is 51.6 Å². The molecule has 5 nitrogen and oxygen atoms in total. The maximum Gasteiger partial charge on any atom is 0.255 e. The number of piperazine rings is 1. The number of amides is 1. The van der Waals surface area contributed by atoms with Gasteiger partial charge in [-0.15, -0.1) is 11.8 Å². The molecular formula is C23H32N4OS. The molecule has 0 saturated carbocycles. The molecule has 1 aromatic carbocycles. The lowest BCUT2D eigenvalue weighted by Crippen LogP contribution is -2.48. The number of pyridine rings is 1. The van der Waals surface area contributed by atoms with Crippen LogP contribution >= 0.6 is 11.8 Å². The number of carbonyl (C=O) groups excluding carboxylic acids is 1. The van der Waals surface area contributed by atoms with Crippen molar-refractivity contribution in [1.82, 2.24) is 19.7 Å². The SMILES string of the molecule is CCN(CC)CCSc1ccc(C(=O)N2CCN(Cc3ccccc3)CC2)cn1. The van der Waals surface area contributed by atoms with Crippen LogP contribution in [0.3, 0.4) is 0 Å². The number of carbonyl (C=O) groups is 1. The summed E-state index contributed by atoms with van der Waals surface area (Å²) >= 11 is 1.75. The van der Waals surface area contributed by atoms with E-state index in [0.717, 1.165) is 63.1 Å². The second-order valence-corrected chi connectivity index (χ2v) is 8.43. The lowest BCUT2D eigenvalue weighted by molar-refractivity contribution is 0.0628. The molecular weight excluding hydrogens is 380 g/mol. The van der Waals surface area contributed by atoms with E-state index in [4.69, 9.17) is 0 Å². The number of nitrogens with zero attached hydrogens (tertiary/aromatic N) is 4. The lowest BCUT2D eigenvalue weighted by Gasteiger charge is -2.34. The molecule has 1 aromatic heterocycles. The van der Waals surface area contributed by atoms with Gasteiger partial charge in [-0.05, 0) is 30.8 Å². The first-order valence-electron chi connectivity index (χ1n) is 10.6. The van der Waals surface area contributed by atoms with Gasteiger partial charge in [-0.1, -0.05) is 44.2 Å². The molecule has 0 N–H and O–H groups in total. The van der Waals surface area contributed by atoms with Crippen molar-refractivity contribution in [2.24, 2.45) is 0 Å². The number of hydrogen-bond donors (Lipinski definition) is 0. The van der Waals surface area contributed by atoms with E-state index in [1.165, 1.54) is 5.56 Å². The summed E-state index contributed by atoms with van der Waals surface area (Å²) < 4.78 is 0. The summed E-state index contributed by atoms with van der Waals surface area (Å²) in [7, 11) is 0. The minimum absolute atomic E-state index is 0.0940. The Bertz CT molecular complexity index is 741. The van der Waals surface area contributed by atoms with Crippen LogP contribution in [0, 0.1) is 0 Å². The Morgan fingerprint density at radius 3 is 2.38 bits per heavy atom. The zero-order valence-electron chi connectivity index (χ0n) is 17.6. The number of hydrogen-bond acceptors (Lipinski definition) is 5. The van der Waals surface area contributed by atoms with Crippen molar-refractivity contribution >= 4 is 17.7 Å². The highest BCUT2D eigenvalue weighted by Crippen LogP contribution is 2.17. The topological polar surface area (TPSA) is 39.7 Å². The first-order valence-corrected chi connectivity index (χ1v) is 11.5. The predicted molar refractivity (Wildman–Crippen MR) is 120 cm³/mol. The number of aromatic nitrogens is 1. The third kappa shape index (κ3) is 6.56. The van der Waals surface area contributed by atoms with Gasteiger partial charge in [0.1, 0.15) is 0 Å². The van der Waals surface area contributed by atoms with Gasteiger partial charge in [0.15, 0.2) is 0 Å². The second kappa shape index (κ2) is 11.3. The maximum atomic E-state index is 12.8. The van der Waals surface area contributed by atoms with Gasteiger partial charge in [-0.25, -0.2) is 4.98 Å². The van der Waals surface area contributed by atoms with E-state index in [9.17, 15) is 4.79 Å². The molecule has 0 bridgehead atoms. The van der Waals surface area contributed by atoms with E-state index in [-0.39, 0.29) is 5.91 Å². The highest BCUT2D eigenvalue weighted by atomic mass is 32.2. The van der Waals surface area contributed by atoms with E-state index in [0.29, 0.717) is 5.56 Å². The molecule has 0 spiro atoms. The van der Waals surface area contributed by atoms with E-state index in [1.807, 2.05) is 23.1 Å². The number of rotatable bonds is 9. The van der Waals surface area contributed by atoms with Gasteiger partial charge in [0, 0.05) is 51.2 Å². The first-order chi connectivity index (χ1) is 14.2. The summed E-state index contributed by atoms with van der Waals surface area (Å²) in [5.74, 6) is 1.11. The highest BCUT2D eigenvalue weighted by molar-refractivity contribution is 7.99. The summed E-state index contributed by atoms with van der Waals surface area (Å²) in [6, 6.07) is 14.4. The van der Waals surface area contributed by atoms with Gasteiger partial charge in [-0.2, -0.15) is 0 Å². The Balaban J connectivity index is 1.44. The van der Waals surface area contributed by atoms with Crippen LogP contribution in [-0.2, 0) is 6.54 Å². The first kappa shape index (κ1) is 21.8. The zero-order valence-corrected chi connectivity index (χ0v) is 18.4. The third-order valence-electron chi connectivity index (χ3n) is 5.44. The molecule has 2 aromatic rings. The summed E-state index contributed by atoms with van der Waals surface area (Å²) in [5.41, 5.74) is 2.01. The van der Waals surface area contributed by atoms with Gasteiger partial charge in [0.05, 0.1) is 10.6 Å². The molecule has 156 valence electrons. The number of benzene rings is 1. The lowest BCUT2D eigenvalue weighted by atomic mass is 10.2. The fraction of sp³-hybridized carbons (Fsp3) is 0.478. The standard InChI is InChI=1S/C23H32N4OS/c1-3-25(4-2)16-17-29-22-11-10-21(18-24-22)23(28)27-14-12-26(13-15-27)19-20-8-6-5-7-9-20/h5-11,18H,3-4,12-17,19H2,1-2H3. The Morgan fingerprint density at radius 2 is 1.76 bits per heavy atom. The number of thioether (sulfide) groups is 1. The minimum atomic E-state index is 0.0940. The molecule has 1 aliphatic rings. The van der Waals surface area contributed by atoms with Crippen LogP contribution < -0.4 is 0 Å². The summed E-state index contributed by atoms with van der Waals surface area (Å²) in [6.07, 6.45) is 1.73. The van der Waals surface area contributed by atoms with Crippen LogP contribution in [0.4, 0.5) is 0 Å². The van der Waals surface area contributed by atoms with Crippen LogP contribution in [0.25, 0.3) is 0 Å². The maximum absolute atomic E-state index is 12.8. The monoisotopic (exact) mass is 412 g/mol. The second-order valence-electron chi connectivity index (χ2n) is 7.31. The Hall–Kier alpha value is -1.89. The summed E-state index contributed by atoms with van der Waals surface area (Å²) in [5, 5.41) is 0.987. The smallest absolute Gasteiger partial charge is 0.255 e. The fourth-order valence-corrected chi connectivity index (χ4v) is 4.39. The van der Waals surface area contributed by atoms with E-state index >= 15 is 0 Å². The molecule has 29 heavy (non-hydrogen) atoms. The van der Waals surface area contributed by atoms with Crippen LogP contribution in [0.5, 0.6) is 0 Å². The molecule has 0 radical (unpaired) electrons. The normalized spacial score (nSPS) is 15.1. The van der Waals surface area contributed by atoms with Gasteiger partial charge in [0.2, 0.25) is 0 Å². The van der Waals surface area contributed by atoms with Crippen molar-refractivity contribution in [3.05, 3.63) is 59.8 Å². The molecule has 0 atom stereocenters. The summed E-state index contributed by atoms with van der Waals surface area (Å²) in [6.45, 7) is 11.9. The van der Waals surface area contributed by atoms with Crippen molar-refractivity contribution in [3.63, 3.8) is 0 Å². The van der Waals surface area contributed by atoms with E-state index in [1.54, 1.807) is 18.0 Å². The Labute approximate surface area is 179 Å². The van der Waals surface area contributed by atoms with Crippen LogP contribution in [0.2, 0.25) is 0 Å². The van der Waals surface area contributed by atoms with Gasteiger partial charge >= 0.3 is 0 Å². The Morgan fingerprint density at radius 1 is 1.03 bits per heavy atom. The molecule has 1 fully saturated rings. The molecule has 1 saturated heterocycles. The molecule has 2 heterocycles. The van der Waals surface area contributed by atoms with Crippen molar-refractivity contribution in [2.45, 2.75) is 25.4 Å². The quantitative estimate of drug-likeness (QED) is 0.590. The van der Waals surface area contributed by atoms with Crippen molar-refractivity contribution in [1.29, 1.82) is 0 Å². The van der Waals surface area contributed by atoms with E-state index < -0.39 is 0 Å². The zero-order chi connectivity index (χ0) is 20.5. The van der Waals surface area contributed by atoms with E-state index in [2.05, 4.69) is 52.9 Å². The molecule has 1 amide bonds. The largest absolute Gasteiger partial charge is 0.336 e. The Kier molecular flexibility index (Phi) is 8.52. The van der Waals surface area contributed by atoms with Crippen LogP contribution in [0.1, 0.15) is 29.8 Å². The molecule has 6 heteroatoms. The third-order valence-corrected chi connectivity index (χ3v) is 6.37. The van der Waals surface area contributed by atoms with Gasteiger partial charge in [0.25, 0.3) is 5.91 Å². The molecule has 3 rings (SSSR count). The minimum Gasteiger partial charge on any atom is -0.336 e. The van der Waals surface area contributed by atoms with Crippen molar-refractivity contribution in [3.8, 4) is 0 Å².